The average molecular weight is 365 g/mol. The molecule has 4 rings (SSSR count). The molecular weight excluding hydrogens is 346 g/mol. The van der Waals surface area contributed by atoms with Crippen LogP contribution in [-0.2, 0) is 0 Å². The number of hydrogen-bond donors (Lipinski definition) is 2. The summed E-state index contributed by atoms with van der Waals surface area (Å²) in [5.41, 5.74) is 1.91. The van der Waals surface area contributed by atoms with Crippen molar-refractivity contribution in [2.45, 2.75) is 12.1 Å². The van der Waals surface area contributed by atoms with Crippen molar-refractivity contribution in [3.05, 3.63) is 78.3 Å². The van der Waals surface area contributed by atoms with Gasteiger partial charge in [0.2, 0.25) is 0 Å². The third-order valence-electron chi connectivity index (χ3n) is 4.52. The smallest absolute Gasteiger partial charge is 0.170 e. The van der Waals surface area contributed by atoms with Gasteiger partial charge in [-0.15, -0.1) is 0 Å². The molecule has 5 nitrogen and oxygen atoms in total. The molecule has 0 saturated carbocycles. The summed E-state index contributed by atoms with van der Waals surface area (Å²) in [5, 5.41) is 13.4. The lowest BCUT2D eigenvalue weighted by Crippen LogP contribution is -2.32. The topological polar surface area (TPSA) is 61.5 Å². The van der Waals surface area contributed by atoms with Crippen LogP contribution in [0, 0.1) is 0 Å². The number of aromatic nitrogens is 1. The number of hydrogen-bond acceptors (Lipinski definition) is 4. The molecule has 2 N–H and O–H groups in total. The van der Waals surface area contributed by atoms with E-state index in [4.69, 9.17) is 16.6 Å². The van der Waals surface area contributed by atoms with Crippen LogP contribution in [0.1, 0.15) is 23.5 Å². The van der Waals surface area contributed by atoms with Gasteiger partial charge >= 0.3 is 0 Å². The SMILES string of the molecule is OCCN1C(=S)N[C@H](c2ccccn2)[C@H]1c1ccc(-c2ccccc2)o1. The Morgan fingerprint density at radius 3 is 2.62 bits per heavy atom. The van der Waals surface area contributed by atoms with E-state index in [-0.39, 0.29) is 18.7 Å². The monoisotopic (exact) mass is 365 g/mol. The van der Waals surface area contributed by atoms with E-state index in [1.165, 1.54) is 0 Å². The fourth-order valence-corrected chi connectivity index (χ4v) is 3.66. The Hall–Kier alpha value is -2.70. The zero-order chi connectivity index (χ0) is 17.9. The third kappa shape index (κ3) is 3.09. The quantitative estimate of drug-likeness (QED) is 0.677. The average Bonchev–Trinajstić information content (AvgIpc) is 3.29. The molecule has 1 aliphatic heterocycles. The lowest BCUT2D eigenvalue weighted by atomic mass is 10.0. The van der Waals surface area contributed by atoms with Crippen molar-refractivity contribution in [1.82, 2.24) is 15.2 Å². The van der Waals surface area contributed by atoms with Crippen LogP contribution in [0.2, 0.25) is 0 Å². The minimum absolute atomic E-state index is 0.0134. The second-order valence-electron chi connectivity index (χ2n) is 6.11. The van der Waals surface area contributed by atoms with Crippen LogP contribution in [0.5, 0.6) is 0 Å². The van der Waals surface area contributed by atoms with Crippen LogP contribution in [-0.4, -0.2) is 33.3 Å². The Labute approximate surface area is 157 Å². The van der Waals surface area contributed by atoms with Crippen LogP contribution in [0.15, 0.2) is 71.3 Å². The second kappa shape index (κ2) is 7.27. The largest absolute Gasteiger partial charge is 0.459 e. The first-order valence-electron chi connectivity index (χ1n) is 8.52. The van der Waals surface area contributed by atoms with E-state index < -0.39 is 0 Å². The van der Waals surface area contributed by atoms with Crippen molar-refractivity contribution in [1.29, 1.82) is 0 Å². The molecule has 0 spiro atoms. The highest BCUT2D eigenvalue weighted by atomic mass is 32.1. The molecule has 26 heavy (non-hydrogen) atoms. The normalized spacial score (nSPS) is 19.6. The number of pyridine rings is 1. The van der Waals surface area contributed by atoms with Gasteiger partial charge in [0.25, 0.3) is 0 Å². The first-order valence-corrected chi connectivity index (χ1v) is 8.93. The summed E-state index contributed by atoms with van der Waals surface area (Å²) < 4.78 is 6.18. The summed E-state index contributed by atoms with van der Waals surface area (Å²) in [7, 11) is 0. The van der Waals surface area contributed by atoms with Gasteiger partial charge in [-0.2, -0.15) is 0 Å². The summed E-state index contributed by atoms with van der Waals surface area (Å²) in [4.78, 5) is 6.44. The molecule has 1 fully saturated rings. The molecule has 0 amide bonds. The number of aliphatic hydroxyl groups excluding tert-OH is 1. The predicted molar refractivity (Wildman–Crippen MR) is 103 cm³/mol. The molecular formula is C20H19N3O2S. The highest BCUT2D eigenvalue weighted by Crippen LogP contribution is 2.40. The lowest BCUT2D eigenvalue weighted by Gasteiger charge is -2.25. The van der Waals surface area contributed by atoms with Gasteiger partial charge in [0.05, 0.1) is 18.3 Å². The molecule has 2 aromatic heterocycles. The molecule has 3 heterocycles. The Morgan fingerprint density at radius 2 is 1.88 bits per heavy atom. The Morgan fingerprint density at radius 1 is 1.08 bits per heavy atom. The summed E-state index contributed by atoms with van der Waals surface area (Å²) in [5.74, 6) is 1.60. The Balaban J connectivity index is 1.72. The molecule has 6 heteroatoms. The number of rotatable bonds is 5. The van der Waals surface area contributed by atoms with Gasteiger partial charge in [0.15, 0.2) is 5.11 Å². The van der Waals surface area contributed by atoms with Crippen molar-refractivity contribution in [3.63, 3.8) is 0 Å². The number of benzene rings is 1. The van der Waals surface area contributed by atoms with Crippen LogP contribution in [0.3, 0.4) is 0 Å². The maximum atomic E-state index is 9.47. The molecule has 0 unspecified atom stereocenters. The second-order valence-corrected chi connectivity index (χ2v) is 6.50. The first-order chi connectivity index (χ1) is 12.8. The molecule has 0 aliphatic carbocycles. The minimum Gasteiger partial charge on any atom is -0.459 e. The molecule has 0 bridgehead atoms. The number of nitrogens with zero attached hydrogens (tertiary/aromatic N) is 2. The molecule has 1 saturated heterocycles. The molecule has 0 radical (unpaired) electrons. The Kier molecular flexibility index (Phi) is 4.69. The summed E-state index contributed by atoms with van der Waals surface area (Å²) in [6.45, 7) is 0.445. The van der Waals surface area contributed by atoms with Crippen LogP contribution in [0.4, 0.5) is 0 Å². The standard InChI is InChI=1S/C20H19N3O2S/c24-13-12-23-19(18(22-20(23)26)15-8-4-5-11-21-15)17-10-9-16(25-17)14-6-2-1-3-7-14/h1-11,18-19,24H,12-13H2,(H,22,26)/t18-,19-/m1/s1. The highest BCUT2D eigenvalue weighted by molar-refractivity contribution is 7.80. The molecule has 2 atom stereocenters. The highest BCUT2D eigenvalue weighted by Gasteiger charge is 2.41. The number of furan rings is 1. The van der Waals surface area contributed by atoms with Gasteiger partial charge in [-0.25, -0.2) is 0 Å². The van der Waals surface area contributed by atoms with E-state index in [1.807, 2.05) is 65.6 Å². The predicted octanol–water partition coefficient (Wildman–Crippen LogP) is 3.31. The van der Waals surface area contributed by atoms with E-state index in [2.05, 4.69) is 10.3 Å². The molecule has 1 aliphatic rings. The van der Waals surface area contributed by atoms with Crippen LogP contribution in [0.25, 0.3) is 11.3 Å². The Bertz CT molecular complexity index is 882. The maximum absolute atomic E-state index is 9.47. The summed E-state index contributed by atoms with van der Waals surface area (Å²) >= 11 is 5.49. The van der Waals surface area contributed by atoms with Gasteiger partial charge in [0, 0.05) is 18.3 Å². The summed E-state index contributed by atoms with van der Waals surface area (Å²) in [6.07, 6.45) is 1.77. The fourth-order valence-electron chi connectivity index (χ4n) is 3.33. The fraction of sp³-hybridized carbons (Fsp3) is 0.200. The van der Waals surface area contributed by atoms with Crippen LogP contribution < -0.4 is 5.32 Å². The van der Waals surface area contributed by atoms with Gasteiger partial charge in [-0.3, -0.25) is 4.98 Å². The van der Waals surface area contributed by atoms with Gasteiger partial charge in [0.1, 0.15) is 17.6 Å². The van der Waals surface area contributed by atoms with E-state index in [0.29, 0.717) is 11.7 Å². The van der Waals surface area contributed by atoms with Crippen molar-refractivity contribution < 1.29 is 9.52 Å². The molecule has 1 aromatic carbocycles. The van der Waals surface area contributed by atoms with Gasteiger partial charge in [-0.1, -0.05) is 36.4 Å². The van der Waals surface area contributed by atoms with Crippen LogP contribution >= 0.6 is 12.2 Å². The number of thiocarbonyl (C=S) groups is 1. The van der Waals surface area contributed by atoms with Crippen molar-refractivity contribution >= 4 is 17.3 Å². The van der Waals surface area contributed by atoms with Crippen molar-refractivity contribution in [2.24, 2.45) is 0 Å². The van der Waals surface area contributed by atoms with Gasteiger partial charge < -0.3 is 19.7 Å². The van der Waals surface area contributed by atoms with Crippen molar-refractivity contribution in [2.75, 3.05) is 13.2 Å². The van der Waals surface area contributed by atoms with E-state index in [0.717, 1.165) is 22.8 Å². The number of aliphatic hydroxyl groups is 1. The maximum Gasteiger partial charge on any atom is 0.170 e. The lowest BCUT2D eigenvalue weighted by molar-refractivity contribution is 0.209. The van der Waals surface area contributed by atoms with Gasteiger partial charge in [-0.05, 0) is 36.5 Å². The van der Waals surface area contributed by atoms with E-state index >= 15 is 0 Å². The number of nitrogens with one attached hydrogen (secondary N) is 1. The number of β-amino-alcohol motifs (C(OH)–C–C–N with tert-alkyl or cyclic N) is 1. The molecule has 3 aromatic rings. The minimum atomic E-state index is -0.165. The molecule has 132 valence electrons. The van der Waals surface area contributed by atoms with Crippen molar-refractivity contribution in [3.8, 4) is 11.3 Å². The van der Waals surface area contributed by atoms with E-state index in [1.54, 1.807) is 6.20 Å². The first kappa shape index (κ1) is 16.8. The zero-order valence-corrected chi connectivity index (χ0v) is 14.9. The zero-order valence-electron chi connectivity index (χ0n) is 14.1. The van der Waals surface area contributed by atoms with E-state index in [9.17, 15) is 5.11 Å². The summed E-state index contributed by atoms with van der Waals surface area (Å²) in [6, 6.07) is 19.4. The third-order valence-corrected chi connectivity index (χ3v) is 4.87.